The Balaban J connectivity index is 2.61. The lowest BCUT2D eigenvalue weighted by Crippen LogP contribution is -2.33. The maximum atomic E-state index is 13.2. The Morgan fingerprint density at radius 2 is 1.70 bits per heavy atom. The first-order chi connectivity index (χ1) is 9.31. The van der Waals surface area contributed by atoms with Crippen LogP contribution in [-0.4, -0.2) is 14.2 Å². The van der Waals surface area contributed by atoms with E-state index >= 15 is 0 Å². The second-order valence-electron chi connectivity index (χ2n) is 5.12. The molecule has 0 spiro atoms. The van der Waals surface area contributed by atoms with Gasteiger partial charge in [-0.3, -0.25) is 0 Å². The summed E-state index contributed by atoms with van der Waals surface area (Å²) in [6.45, 7) is 0. The molecule has 0 aliphatic heterocycles. The molecule has 0 radical (unpaired) electrons. The van der Waals surface area contributed by atoms with E-state index in [1.165, 1.54) is 14.2 Å². The van der Waals surface area contributed by atoms with Gasteiger partial charge >= 0.3 is 6.18 Å². The second-order valence-corrected chi connectivity index (χ2v) is 5.12. The first-order valence-electron chi connectivity index (χ1n) is 6.44. The van der Waals surface area contributed by atoms with Crippen LogP contribution in [-0.2, 0) is 11.7 Å². The fourth-order valence-corrected chi connectivity index (χ4v) is 2.76. The standard InChI is InChI=1S/C14H18F3NO2/c1-19-11-8-9(13(18)5-3-4-6-13)7-10(12(11)20-2)14(15,16)17/h7-8H,3-6,18H2,1-2H3. The summed E-state index contributed by atoms with van der Waals surface area (Å²) in [6, 6.07) is 2.64. The average Bonchev–Trinajstić information content (AvgIpc) is 2.84. The van der Waals surface area contributed by atoms with E-state index in [2.05, 4.69) is 0 Å². The monoisotopic (exact) mass is 289 g/mol. The van der Waals surface area contributed by atoms with Gasteiger partial charge in [0.2, 0.25) is 0 Å². The summed E-state index contributed by atoms with van der Waals surface area (Å²) in [4.78, 5) is 0. The first kappa shape index (κ1) is 15.0. The highest BCUT2D eigenvalue weighted by atomic mass is 19.4. The summed E-state index contributed by atoms with van der Waals surface area (Å²) in [5, 5.41) is 0. The van der Waals surface area contributed by atoms with Gasteiger partial charge in [-0.2, -0.15) is 13.2 Å². The van der Waals surface area contributed by atoms with Crippen molar-refractivity contribution in [1.82, 2.24) is 0 Å². The van der Waals surface area contributed by atoms with Crippen molar-refractivity contribution in [2.75, 3.05) is 14.2 Å². The van der Waals surface area contributed by atoms with Crippen molar-refractivity contribution in [3.63, 3.8) is 0 Å². The number of nitrogens with two attached hydrogens (primary N) is 1. The smallest absolute Gasteiger partial charge is 0.420 e. The third-order valence-electron chi connectivity index (χ3n) is 3.85. The van der Waals surface area contributed by atoms with Crippen molar-refractivity contribution >= 4 is 0 Å². The summed E-state index contributed by atoms with van der Waals surface area (Å²) in [5.74, 6) is -0.237. The largest absolute Gasteiger partial charge is 0.493 e. The normalized spacial score (nSPS) is 18.1. The zero-order valence-corrected chi connectivity index (χ0v) is 11.5. The SMILES string of the molecule is COc1cc(C2(N)CCCC2)cc(C(F)(F)F)c1OC. The van der Waals surface area contributed by atoms with Crippen LogP contribution in [0.4, 0.5) is 13.2 Å². The third-order valence-corrected chi connectivity index (χ3v) is 3.85. The Morgan fingerprint density at radius 3 is 2.15 bits per heavy atom. The minimum absolute atomic E-state index is 0.0639. The lowest BCUT2D eigenvalue weighted by Gasteiger charge is -2.27. The average molecular weight is 289 g/mol. The van der Waals surface area contributed by atoms with Crippen molar-refractivity contribution in [2.45, 2.75) is 37.4 Å². The molecular weight excluding hydrogens is 271 g/mol. The Morgan fingerprint density at radius 1 is 1.10 bits per heavy atom. The van der Waals surface area contributed by atoms with Crippen LogP contribution in [0.3, 0.4) is 0 Å². The van der Waals surface area contributed by atoms with Crippen molar-refractivity contribution < 1.29 is 22.6 Å². The van der Waals surface area contributed by atoms with Gasteiger partial charge in [0.15, 0.2) is 11.5 Å². The highest BCUT2D eigenvalue weighted by Crippen LogP contribution is 2.46. The van der Waals surface area contributed by atoms with Crippen LogP contribution >= 0.6 is 0 Å². The number of rotatable bonds is 3. The van der Waals surface area contributed by atoms with Gasteiger partial charge in [0.05, 0.1) is 14.2 Å². The van der Waals surface area contributed by atoms with Gasteiger partial charge in [0.1, 0.15) is 5.56 Å². The Bertz CT molecular complexity index is 494. The van der Waals surface area contributed by atoms with Crippen molar-refractivity contribution in [2.24, 2.45) is 5.73 Å². The molecule has 0 atom stereocenters. The van der Waals surface area contributed by atoms with E-state index in [-0.39, 0.29) is 11.5 Å². The van der Waals surface area contributed by atoms with Gasteiger partial charge in [-0.15, -0.1) is 0 Å². The van der Waals surface area contributed by atoms with Crippen LogP contribution in [0.25, 0.3) is 0 Å². The van der Waals surface area contributed by atoms with Crippen molar-refractivity contribution in [1.29, 1.82) is 0 Å². The second kappa shape index (κ2) is 5.16. The number of methoxy groups -OCH3 is 2. The summed E-state index contributed by atoms with van der Waals surface area (Å²) < 4.78 is 49.4. The Hall–Kier alpha value is -1.43. The number of ether oxygens (including phenoxy) is 2. The van der Waals surface area contributed by atoms with Crippen LogP contribution in [0.15, 0.2) is 12.1 Å². The molecule has 1 saturated carbocycles. The molecule has 0 heterocycles. The van der Waals surface area contributed by atoms with E-state index in [4.69, 9.17) is 15.2 Å². The van der Waals surface area contributed by atoms with Gasteiger partial charge in [-0.05, 0) is 30.5 Å². The highest BCUT2D eigenvalue weighted by molar-refractivity contribution is 5.52. The predicted molar refractivity (Wildman–Crippen MR) is 68.9 cm³/mol. The van der Waals surface area contributed by atoms with Crippen LogP contribution in [0.1, 0.15) is 36.8 Å². The summed E-state index contributed by atoms with van der Waals surface area (Å²) in [5.41, 5.74) is 5.15. The molecule has 1 aromatic rings. The lowest BCUT2D eigenvalue weighted by atomic mass is 9.87. The molecule has 1 aromatic carbocycles. The predicted octanol–water partition coefficient (Wildman–Crippen LogP) is 3.45. The zero-order chi connectivity index (χ0) is 15.0. The van der Waals surface area contributed by atoms with Gasteiger partial charge < -0.3 is 15.2 Å². The Kier molecular flexibility index (Phi) is 3.86. The number of benzene rings is 1. The third kappa shape index (κ3) is 2.57. The van der Waals surface area contributed by atoms with Crippen LogP contribution in [0, 0.1) is 0 Å². The van der Waals surface area contributed by atoms with E-state index in [9.17, 15) is 13.2 Å². The molecule has 2 rings (SSSR count). The van der Waals surface area contributed by atoms with Crippen LogP contribution < -0.4 is 15.2 Å². The molecule has 0 unspecified atom stereocenters. The van der Waals surface area contributed by atoms with E-state index in [1.807, 2.05) is 0 Å². The molecule has 0 saturated heterocycles. The molecule has 6 heteroatoms. The number of hydrogen-bond donors (Lipinski definition) is 1. The van der Waals surface area contributed by atoms with Crippen molar-refractivity contribution in [3.8, 4) is 11.5 Å². The quantitative estimate of drug-likeness (QED) is 0.927. The molecule has 3 nitrogen and oxygen atoms in total. The van der Waals surface area contributed by atoms with Gasteiger partial charge in [-0.25, -0.2) is 0 Å². The molecule has 0 amide bonds. The topological polar surface area (TPSA) is 44.5 Å². The Labute approximate surface area is 115 Å². The first-order valence-corrected chi connectivity index (χ1v) is 6.44. The van der Waals surface area contributed by atoms with E-state index < -0.39 is 17.3 Å². The van der Waals surface area contributed by atoms with Gasteiger partial charge in [-0.1, -0.05) is 12.8 Å². The lowest BCUT2D eigenvalue weighted by molar-refractivity contribution is -0.139. The highest BCUT2D eigenvalue weighted by Gasteiger charge is 2.39. The maximum absolute atomic E-state index is 13.2. The summed E-state index contributed by atoms with van der Waals surface area (Å²) in [7, 11) is 2.51. The summed E-state index contributed by atoms with van der Waals surface area (Å²) >= 11 is 0. The zero-order valence-electron chi connectivity index (χ0n) is 11.5. The number of alkyl halides is 3. The summed E-state index contributed by atoms with van der Waals surface area (Å²) in [6.07, 6.45) is -1.30. The molecular formula is C14H18F3NO2. The van der Waals surface area contributed by atoms with E-state index in [0.29, 0.717) is 18.4 Å². The molecule has 20 heavy (non-hydrogen) atoms. The molecule has 2 N–H and O–H groups in total. The number of hydrogen-bond acceptors (Lipinski definition) is 3. The fourth-order valence-electron chi connectivity index (χ4n) is 2.76. The molecule has 1 aliphatic rings. The van der Waals surface area contributed by atoms with Crippen molar-refractivity contribution in [3.05, 3.63) is 23.3 Å². The fraction of sp³-hybridized carbons (Fsp3) is 0.571. The van der Waals surface area contributed by atoms with E-state index in [0.717, 1.165) is 18.9 Å². The van der Waals surface area contributed by atoms with Gasteiger partial charge in [0, 0.05) is 5.54 Å². The molecule has 112 valence electrons. The number of halogens is 3. The molecule has 0 aromatic heterocycles. The molecule has 1 fully saturated rings. The van der Waals surface area contributed by atoms with Gasteiger partial charge in [0.25, 0.3) is 0 Å². The van der Waals surface area contributed by atoms with Crippen LogP contribution in [0.5, 0.6) is 11.5 Å². The van der Waals surface area contributed by atoms with Crippen LogP contribution in [0.2, 0.25) is 0 Å². The minimum Gasteiger partial charge on any atom is -0.493 e. The minimum atomic E-state index is -4.51. The van der Waals surface area contributed by atoms with E-state index in [1.54, 1.807) is 6.07 Å². The maximum Gasteiger partial charge on any atom is 0.420 e. The molecule has 0 bridgehead atoms. The molecule has 1 aliphatic carbocycles.